The molecule has 150 valence electrons. The van der Waals surface area contributed by atoms with Crippen LogP contribution in [0.2, 0.25) is 30.7 Å². The predicted molar refractivity (Wildman–Crippen MR) is 115 cm³/mol. The summed E-state index contributed by atoms with van der Waals surface area (Å²) in [5.74, 6) is 1.23. The summed E-state index contributed by atoms with van der Waals surface area (Å²) in [5.41, 5.74) is 7.06. The molecule has 3 N–H and O–H groups in total. The monoisotopic (exact) mass is 420 g/mol. The van der Waals surface area contributed by atoms with Crippen LogP contribution in [0.5, 0.6) is 11.5 Å². The first-order valence-electron chi connectivity index (χ1n) is 8.97. The summed E-state index contributed by atoms with van der Waals surface area (Å²) in [6.07, 6.45) is 4.84. The Morgan fingerprint density at radius 1 is 1.21 bits per heavy atom. The number of nitrogens with one attached hydrogen (secondary N) is 1. The molecule has 0 saturated carbocycles. The molecule has 0 fully saturated rings. The zero-order valence-corrected chi connectivity index (χ0v) is 18.2. The van der Waals surface area contributed by atoms with E-state index in [9.17, 15) is 0 Å². The van der Waals surface area contributed by atoms with Crippen molar-refractivity contribution in [3.63, 3.8) is 0 Å². The van der Waals surface area contributed by atoms with Crippen LogP contribution in [0, 0.1) is 0 Å². The van der Waals surface area contributed by atoms with Crippen molar-refractivity contribution in [2.24, 2.45) is 0 Å². The lowest BCUT2D eigenvalue weighted by molar-refractivity contribution is 0.0813. The summed E-state index contributed by atoms with van der Waals surface area (Å²) < 4.78 is 13.3. The van der Waals surface area contributed by atoms with E-state index in [1.165, 1.54) is 6.20 Å². The van der Waals surface area contributed by atoms with Gasteiger partial charge in [0, 0.05) is 27.1 Å². The quantitative estimate of drug-likeness (QED) is 0.415. The average Bonchev–Trinajstić information content (AvgIpc) is 3.03. The van der Waals surface area contributed by atoms with Crippen molar-refractivity contribution in [1.82, 2.24) is 19.7 Å². The van der Waals surface area contributed by atoms with Gasteiger partial charge in [-0.05, 0) is 12.1 Å². The van der Waals surface area contributed by atoms with Crippen LogP contribution in [0.25, 0.3) is 11.0 Å². The fourth-order valence-electron chi connectivity index (χ4n) is 2.55. The number of nitrogens with zero attached hydrogens (tertiary/aromatic N) is 4. The summed E-state index contributed by atoms with van der Waals surface area (Å²) in [5, 5.41) is 8.48. The highest BCUT2D eigenvalue weighted by atomic mass is 35.5. The van der Waals surface area contributed by atoms with Crippen LogP contribution >= 0.6 is 11.6 Å². The molecule has 3 aromatic heterocycles. The maximum absolute atomic E-state index is 6.33. The standard InChI is InChI=1S/C18H25ClN6O2Si/c1-21-16-15(19)14(10-22-17(16)20)27-13-7-12-8-24-25(18(12)23-9-13)11-26-5-6-28(2,3)4/h7-10,21H,5-6,11H2,1-4H3,(H2,20,22). The van der Waals surface area contributed by atoms with Gasteiger partial charge in [0.25, 0.3) is 0 Å². The van der Waals surface area contributed by atoms with Gasteiger partial charge < -0.3 is 20.5 Å². The Hall–Kier alpha value is -2.36. The minimum absolute atomic E-state index is 0.309. The molecule has 0 aliphatic heterocycles. The molecule has 0 amide bonds. The summed E-state index contributed by atoms with van der Waals surface area (Å²) in [4.78, 5) is 8.54. The molecule has 10 heteroatoms. The third-order valence-electron chi connectivity index (χ3n) is 4.15. The number of hydrogen-bond donors (Lipinski definition) is 2. The molecule has 0 aromatic carbocycles. The van der Waals surface area contributed by atoms with E-state index < -0.39 is 8.07 Å². The smallest absolute Gasteiger partial charge is 0.166 e. The zero-order chi connectivity index (χ0) is 20.3. The topological polar surface area (TPSA) is 100 Å². The number of pyridine rings is 2. The molecule has 28 heavy (non-hydrogen) atoms. The third kappa shape index (κ3) is 4.72. The SMILES string of the molecule is CNc1c(N)ncc(Oc2cnc3c(cnn3COCC[Si](C)(C)C)c2)c1Cl. The fourth-order valence-corrected chi connectivity index (χ4v) is 3.59. The molecule has 3 rings (SSSR count). The molecule has 0 bridgehead atoms. The molecule has 8 nitrogen and oxygen atoms in total. The highest BCUT2D eigenvalue weighted by Crippen LogP contribution is 2.37. The number of halogens is 1. The molecule has 0 unspecified atom stereocenters. The van der Waals surface area contributed by atoms with Crippen LogP contribution in [-0.4, -0.2) is 41.5 Å². The maximum Gasteiger partial charge on any atom is 0.166 e. The van der Waals surface area contributed by atoms with E-state index in [1.807, 2.05) is 6.07 Å². The van der Waals surface area contributed by atoms with E-state index in [2.05, 4.69) is 40.0 Å². The number of hydrogen-bond acceptors (Lipinski definition) is 7. The Kier molecular flexibility index (Phi) is 6.06. The molecule has 0 saturated heterocycles. The van der Waals surface area contributed by atoms with Gasteiger partial charge in [0.2, 0.25) is 0 Å². The lowest BCUT2D eigenvalue weighted by Crippen LogP contribution is -2.22. The lowest BCUT2D eigenvalue weighted by atomic mass is 10.3. The summed E-state index contributed by atoms with van der Waals surface area (Å²) >= 11 is 6.33. The van der Waals surface area contributed by atoms with Crippen LogP contribution in [-0.2, 0) is 11.5 Å². The van der Waals surface area contributed by atoms with Crippen LogP contribution in [0.4, 0.5) is 11.5 Å². The highest BCUT2D eigenvalue weighted by molar-refractivity contribution is 6.76. The number of anilines is 2. The Labute approximate surface area is 170 Å². The van der Waals surface area contributed by atoms with Gasteiger partial charge in [-0.1, -0.05) is 31.2 Å². The van der Waals surface area contributed by atoms with Crippen molar-refractivity contribution >= 4 is 42.2 Å². The van der Waals surface area contributed by atoms with Gasteiger partial charge in [-0.15, -0.1) is 0 Å². The molecule has 0 radical (unpaired) electrons. The summed E-state index contributed by atoms with van der Waals surface area (Å²) in [7, 11) is 0.611. The maximum atomic E-state index is 6.33. The molecule has 3 heterocycles. The van der Waals surface area contributed by atoms with Crippen LogP contribution in [0.15, 0.2) is 24.7 Å². The molecule has 0 aliphatic carbocycles. The Balaban J connectivity index is 1.72. The van der Waals surface area contributed by atoms with Gasteiger partial charge in [-0.3, -0.25) is 0 Å². The van der Waals surface area contributed by atoms with Crippen molar-refractivity contribution in [2.45, 2.75) is 32.4 Å². The van der Waals surface area contributed by atoms with Gasteiger partial charge in [0.1, 0.15) is 23.3 Å². The molecule has 0 atom stereocenters. The van der Waals surface area contributed by atoms with Crippen LogP contribution in [0.1, 0.15) is 0 Å². The van der Waals surface area contributed by atoms with Crippen molar-refractivity contribution < 1.29 is 9.47 Å². The van der Waals surface area contributed by atoms with Crippen molar-refractivity contribution in [3.8, 4) is 11.5 Å². The predicted octanol–water partition coefficient (Wildman–Crippen LogP) is 4.21. The second-order valence-corrected chi connectivity index (χ2v) is 13.6. The first kappa shape index (κ1) is 20.4. The van der Waals surface area contributed by atoms with Crippen molar-refractivity contribution in [3.05, 3.63) is 29.7 Å². The minimum Gasteiger partial charge on any atom is -0.452 e. The first-order valence-corrected chi connectivity index (χ1v) is 13.1. The fraction of sp³-hybridized carbons (Fsp3) is 0.389. The largest absolute Gasteiger partial charge is 0.452 e. The van der Waals surface area contributed by atoms with Gasteiger partial charge in [-0.25, -0.2) is 14.6 Å². The van der Waals surface area contributed by atoms with Gasteiger partial charge in [-0.2, -0.15) is 5.10 Å². The third-order valence-corrected chi connectivity index (χ3v) is 6.23. The van der Waals surface area contributed by atoms with Gasteiger partial charge >= 0.3 is 0 Å². The van der Waals surface area contributed by atoms with E-state index in [0.29, 0.717) is 34.8 Å². The number of rotatable bonds is 8. The minimum atomic E-state index is -1.11. The molecule has 3 aromatic rings. The van der Waals surface area contributed by atoms with E-state index in [1.54, 1.807) is 24.1 Å². The van der Waals surface area contributed by atoms with E-state index in [4.69, 9.17) is 26.8 Å². The van der Waals surface area contributed by atoms with Crippen molar-refractivity contribution in [1.29, 1.82) is 0 Å². The molecular weight excluding hydrogens is 396 g/mol. The molecule has 0 spiro atoms. The van der Waals surface area contributed by atoms with Crippen LogP contribution < -0.4 is 15.8 Å². The second-order valence-electron chi connectivity index (χ2n) is 7.62. The number of ether oxygens (including phenoxy) is 2. The number of fused-ring (bicyclic) bond motifs is 1. The van der Waals surface area contributed by atoms with Gasteiger partial charge in [0.15, 0.2) is 11.4 Å². The molecule has 0 aliphatic rings. The number of aromatic nitrogens is 4. The Bertz CT molecular complexity index is 973. The van der Waals surface area contributed by atoms with Crippen molar-refractivity contribution in [2.75, 3.05) is 24.7 Å². The first-order chi connectivity index (χ1) is 13.3. The second kappa shape index (κ2) is 8.34. The Morgan fingerprint density at radius 3 is 2.71 bits per heavy atom. The van der Waals surface area contributed by atoms with E-state index in [-0.39, 0.29) is 0 Å². The van der Waals surface area contributed by atoms with E-state index >= 15 is 0 Å². The Morgan fingerprint density at radius 2 is 2.00 bits per heavy atom. The van der Waals surface area contributed by atoms with E-state index in [0.717, 1.165) is 23.7 Å². The number of nitrogens with two attached hydrogens (primary N) is 1. The highest BCUT2D eigenvalue weighted by Gasteiger charge is 2.14. The van der Waals surface area contributed by atoms with Crippen LogP contribution in [0.3, 0.4) is 0 Å². The summed E-state index contributed by atoms with van der Waals surface area (Å²) in [6.45, 7) is 8.08. The zero-order valence-electron chi connectivity index (χ0n) is 16.5. The average molecular weight is 421 g/mol. The summed E-state index contributed by atoms with van der Waals surface area (Å²) in [6, 6.07) is 2.96. The normalized spacial score (nSPS) is 11.8. The van der Waals surface area contributed by atoms with Gasteiger partial charge in [0.05, 0.1) is 24.3 Å². The lowest BCUT2D eigenvalue weighted by Gasteiger charge is -2.15. The molecular formula is C18H25ClN6O2Si. The number of nitrogen functional groups attached to an aromatic ring is 1.